The van der Waals surface area contributed by atoms with Crippen LogP contribution in [0.3, 0.4) is 0 Å². The molecule has 1 aromatic heterocycles. The summed E-state index contributed by atoms with van der Waals surface area (Å²) in [6.45, 7) is 1.19. The van der Waals surface area contributed by atoms with E-state index in [2.05, 4.69) is 14.7 Å². The van der Waals surface area contributed by atoms with Crippen molar-refractivity contribution in [1.82, 2.24) is 0 Å². The summed E-state index contributed by atoms with van der Waals surface area (Å²) in [5.74, 6) is -0.914. The first-order valence-electron chi connectivity index (χ1n) is 7.90. The van der Waals surface area contributed by atoms with Crippen molar-refractivity contribution < 1.29 is 33.1 Å². The van der Waals surface area contributed by atoms with E-state index in [9.17, 15) is 14.4 Å². The van der Waals surface area contributed by atoms with Gasteiger partial charge >= 0.3 is 17.9 Å². The molecule has 138 valence electrons. The number of nitrogens with zero attached hydrogens (tertiary/aromatic N) is 1. The van der Waals surface area contributed by atoms with Crippen LogP contribution < -0.4 is 0 Å². The molecule has 0 amide bonds. The number of ether oxygens (including phenoxy) is 2. The molecule has 1 aliphatic rings. The number of benzene rings is 1. The minimum Gasteiger partial charge on any atom is -0.466 e. The molecule has 0 saturated heterocycles. The van der Waals surface area contributed by atoms with Crippen LogP contribution in [0.2, 0.25) is 0 Å². The number of rotatable bonds is 5. The predicted octanol–water partition coefficient (Wildman–Crippen LogP) is 2.59. The minimum absolute atomic E-state index is 0.259. The Labute approximate surface area is 154 Å². The van der Waals surface area contributed by atoms with Gasteiger partial charge in [-0.05, 0) is 37.3 Å². The Kier molecular flexibility index (Phi) is 5.16. The molecule has 0 N–H and O–H groups in total. The average molecular weight is 369 g/mol. The fourth-order valence-corrected chi connectivity index (χ4v) is 2.31. The van der Waals surface area contributed by atoms with Crippen molar-refractivity contribution in [2.75, 3.05) is 13.7 Å². The summed E-state index contributed by atoms with van der Waals surface area (Å²) in [6, 6.07) is 9.94. The van der Waals surface area contributed by atoms with Gasteiger partial charge in [0.05, 0.1) is 24.0 Å². The van der Waals surface area contributed by atoms with Crippen LogP contribution in [-0.2, 0) is 23.9 Å². The number of hydrogen-bond acceptors (Lipinski definition) is 8. The molecule has 0 radical (unpaired) electrons. The third-order valence-electron chi connectivity index (χ3n) is 3.72. The molecule has 0 bridgehead atoms. The van der Waals surface area contributed by atoms with Crippen molar-refractivity contribution in [3.8, 4) is 11.3 Å². The molecule has 1 aromatic carbocycles. The molecule has 8 heteroatoms. The highest BCUT2D eigenvalue weighted by molar-refractivity contribution is 6.24. The van der Waals surface area contributed by atoms with E-state index in [0.29, 0.717) is 28.4 Å². The summed E-state index contributed by atoms with van der Waals surface area (Å²) in [5, 5.41) is 3.60. The number of hydrogen-bond donors (Lipinski definition) is 0. The van der Waals surface area contributed by atoms with Crippen LogP contribution in [0.4, 0.5) is 0 Å². The number of esters is 2. The normalized spacial score (nSPS) is 14.7. The Bertz CT molecular complexity index is 968. The topological polar surface area (TPSA) is 104 Å². The van der Waals surface area contributed by atoms with Crippen LogP contribution in [0.1, 0.15) is 23.0 Å². The molecule has 3 rings (SSSR count). The van der Waals surface area contributed by atoms with Crippen LogP contribution in [0, 0.1) is 0 Å². The van der Waals surface area contributed by atoms with E-state index in [1.54, 1.807) is 43.3 Å². The van der Waals surface area contributed by atoms with E-state index in [0.717, 1.165) is 0 Å². The Hall–Kier alpha value is -3.68. The van der Waals surface area contributed by atoms with Crippen LogP contribution in [-0.4, -0.2) is 37.3 Å². The number of oxime groups is 1. The molecule has 27 heavy (non-hydrogen) atoms. The van der Waals surface area contributed by atoms with Gasteiger partial charge in [0.1, 0.15) is 11.5 Å². The molecule has 0 unspecified atom stereocenters. The standard InChI is InChI=1S/C19H15NO7/c1-11-15(19(23)27-20-11)9-14-6-7-16(26-14)12-4-3-5-13(8-12)18(22)25-10-17(21)24-2/h3-9H,10H2,1-2H3/b15-9-. The molecule has 1 aliphatic heterocycles. The van der Waals surface area contributed by atoms with Crippen LogP contribution in [0.25, 0.3) is 17.4 Å². The van der Waals surface area contributed by atoms with Crippen molar-refractivity contribution >= 4 is 29.7 Å². The lowest BCUT2D eigenvalue weighted by Gasteiger charge is -2.04. The zero-order valence-corrected chi connectivity index (χ0v) is 14.6. The average Bonchev–Trinajstić information content (AvgIpc) is 3.28. The van der Waals surface area contributed by atoms with Crippen LogP contribution >= 0.6 is 0 Å². The van der Waals surface area contributed by atoms with Gasteiger partial charge in [0, 0.05) is 5.56 Å². The summed E-state index contributed by atoms with van der Waals surface area (Å²) >= 11 is 0. The Balaban J connectivity index is 1.78. The van der Waals surface area contributed by atoms with Crippen molar-refractivity contribution in [3.05, 3.63) is 53.3 Å². The molecular formula is C19H15NO7. The van der Waals surface area contributed by atoms with Crippen molar-refractivity contribution in [3.63, 3.8) is 0 Å². The number of carbonyl (C=O) groups is 3. The second kappa shape index (κ2) is 7.69. The first-order valence-corrected chi connectivity index (χ1v) is 7.90. The SMILES string of the molecule is COC(=O)COC(=O)c1cccc(-c2ccc(/C=C3\C(=O)ON=C3C)o2)c1. The Morgan fingerprint density at radius 1 is 1.22 bits per heavy atom. The van der Waals surface area contributed by atoms with Crippen LogP contribution in [0.5, 0.6) is 0 Å². The van der Waals surface area contributed by atoms with Gasteiger partial charge in [-0.3, -0.25) is 0 Å². The third kappa shape index (κ3) is 4.12. The quantitative estimate of drug-likeness (QED) is 0.453. The van der Waals surface area contributed by atoms with E-state index >= 15 is 0 Å². The minimum atomic E-state index is -0.656. The van der Waals surface area contributed by atoms with Gasteiger partial charge < -0.3 is 18.7 Å². The lowest BCUT2D eigenvalue weighted by molar-refractivity contribution is -0.144. The summed E-state index contributed by atoms with van der Waals surface area (Å²) < 4.78 is 15.0. The van der Waals surface area contributed by atoms with Gasteiger partial charge in [0.15, 0.2) is 6.61 Å². The summed E-state index contributed by atoms with van der Waals surface area (Å²) in [5.41, 5.74) is 1.67. The highest BCUT2D eigenvalue weighted by atomic mass is 16.7. The molecule has 0 atom stereocenters. The Morgan fingerprint density at radius 2 is 2.04 bits per heavy atom. The first kappa shape index (κ1) is 18.1. The smallest absolute Gasteiger partial charge is 0.367 e. The molecule has 8 nitrogen and oxygen atoms in total. The lowest BCUT2D eigenvalue weighted by Crippen LogP contribution is -2.15. The predicted molar refractivity (Wildman–Crippen MR) is 93.6 cm³/mol. The van der Waals surface area contributed by atoms with Crippen LogP contribution in [0.15, 0.2) is 51.5 Å². The molecule has 0 fully saturated rings. The second-order valence-electron chi connectivity index (χ2n) is 5.55. The molecule has 0 spiro atoms. The van der Waals surface area contributed by atoms with E-state index in [1.165, 1.54) is 13.2 Å². The highest BCUT2D eigenvalue weighted by Gasteiger charge is 2.22. The Morgan fingerprint density at radius 3 is 2.74 bits per heavy atom. The van der Waals surface area contributed by atoms with Crippen molar-refractivity contribution in [2.24, 2.45) is 5.16 Å². The zero-order chi connectivity index (χ0) is 19.4. The van der Waals surface area contributed by atoms with E-state index in [1.807, 2.05) is 0 Å². The van der Waals surface area contributed by atoms with Gasteiger partial charge in [0.25, 0.3) is 0 Å². The maximum atomic E-state index is 12.0. The van der Waals surface area contributed by atoms with Gasteiger partial charge in [0.2, 0.25) is 0 Å². The maximum absolute atomic E-state index is 12.0. The monoisotopic (exact) mass is 369 g/mol. The van der Waals surface area contributed by atoms with E-state index < -0.39 is 24.5 Å². The molecular weight excluding hydrogens is 354 g/mol. The van der Waals surface area contributed by atoms with Gasteiger partial charge in [-0.15, -0.1) is 0 Å². The highest BCUT2D eigenvalue weighted by Crippen LogP contribution is 2.25. The number of methoxy groups -OCH3 is 1. The number of furan rings is 1. The molecule has 2 heterocycles. The molecule has 2 aromatic rings. The van der Waals surface area contributed by atoms with E-state index in [4.69, 9.17) is 9.15 Å². The van der Waals surface area contributed by atoms with Crippen molar-refractivity contribution in [2.45, 2.75) is 6.92 Å². The number of carbonyl (C=O) groups excluding carboxylic acids is 3. The fourth-order valence-electron chi connectivity index (χ4n) is 2.31. The maximum Gasteiger partial charge on any atom is 0.367 e. The fraction of sp³-hybridized carbons (Fsp3) is 0.158. The largest absolute Gasteiger partial charge is 0.466 e. The lowest BCUT2D eigenvalue weighted by atomic mass is 10.1. The summed E-state index contributed by atoms with van der Waals surface area (Å²) in [7, 11) is 1.21. The van der Waals surface area contributed by atoms with E-state index in [-0.39, 0.29) is 5.56 Å². The zero-order valence-electron chi connectivity index (χ0n) is 14.6. The molecule has 0 aliphatic carbocycles. The van der Waals surface area contributed by atoms with Gasteiger partial charge in [-0.25, -0.2) is 14.4 Å². The van der Waals surface area contributed by atoms with Gasteiger partial charge in [-0.2, -0.15) is 0 Å². The molecule has 0 saturated carbocycles. The summed E-state index contributed by atoms with van der Waals surface area (Å²) in [6.07, 6.45) is 1.53. The van der Waals surface area contributed by atoms with Gasteiger partial charge in [-0.1, -0.05) is 17.3 Å². The van der Waals surface area contributed by atoms with Crippen molar-refractivity contribution in [1.29, 1.82) is 0 Å². The third-order valence-corrected chi connectivity index (χ3v) is 3.72. The first-order chi connectivity index (χ1) is 13.0. The summed E-state index contributed by atoms with van der Waals surface area (Å²) in [4.78, 5) is 39.3. The second-order valence-corrected chi connectivity index (χ2v) is 5.55.